The highest BCUT2D eigenvalue weighted by atomic mass is 19.1. The SMILES string of the molecule is CCN(C(=O)CC(C)CN)C(C)c1ccc(F)cc1. The van der Waals surface area contributed by atoms with Crippen LogP contribution in [0.5, 0.6) is 0 Å². The molecule has 106 valence electrons. The van der Waals surface area contributed by atoms with Crippen LogP contribution in [0.2, 0.25) is 0 Å². The van der Waals surface area contributed by atoms with Gasteiger partial charge in [0.1, 0.15) is 5.82 Å². The second-order valence-corrected chi connectivity index (χ2v) is 4.95. The van der Waals surface area contributed by atoms with E-state index in [0.29, 0.717) is 19.5 Å². The molecule has 2 atom stereocenters. The van der Waals surface area contributed by atoms with Crippen LogP contribution < -0.4 is 5.73 Å². The lowest BCUT2D eigenvalue weighted by molar-refractivity contribution is -0.134. The monoisotopic (exact) mass is 266 g/mol. The van der Waals surface area contributed by atoms with Gasteiger partial charge in [0.2, 0.25) is 5.91 Å². The Morgan fingerprint density at radius 1 is 1.32 bits per heavy atom. The number of benzene rings is 1. The molecule has 0 fully saturated rings. The van der Waals surface area contributed by atoms with E-state index < -0.39 is 0 Å². The number of hydrogen-bond acceptors (Lipinski definition) is 2. The highest BCUT2D eigenvalue weighted by Gasteiger charge is 2.21. The summed E-state index contributed by atoms with van der Waals surface area (Å²) in [5.41, 5.74) is 6.50. The van der Waals surface area contributed by atoms with Crippen molar-refractivity contribution in [2.75, 3.05) is 13.1 Å². The molecule has 3 nitrogen and oxygen atoms in total. The first-order valence-corrected chi connectivity index (χ1v) is 6.74. The molecule has 0 aliphatic rings. The third-order valence-electron chi connectivity index (χ3n) is 3.41. The van der Waals surface area contributed by atoms with Gasteiger partial charge in [-0.25, -0.2) is 4.39 Å². The van der Waals surface area contributed by atoms with Gasteiger partial charge in [0.25, 0.3) is 0 Å². The van der Waals surface area contributed by atoms with E-state index in [9.17, 15) is 9.18 Å². The first kappa shape index (κ1) is 15.6. The largest absolute Gasteiger partial charge is 0.336 e. The van der Waals surface area contributed by atoms with Gasteiger partial charge in [-0.2, -0.15) is 0 Å². The van der Waals surface area contributed by atoms with Crippen LogP contribution >= 0.6 is 0 Å². The van der Waals surface area contributed by atoms with E-state index in [-0.39, 0.29) is 23.7 Å². The van der Waals surface area contributed by atoms with Crippen molar-refractivity contribution in [3.8, 4) is 0 Å². The molecule has 0 saturated heterocycles. The minimum atomic E-state index is -0.262. The lowest BCUT2D eigenvalue weighted by atomic mass is 10.0. The van der Waals surface area contributed by atoms with Crippen LogP contribution in [0.25, 0.3) is 0 Å². The summed E-state index contributed by atoms with van der Waals surface area (Å²) in [4.78, 5) is 14.0. The van der Waals surface area contributed by atoms with E-state index in [1.165, 1.54) is 12.1 Å². The Morgan fingerprint density at radius 2 is 1.89 bits per heavy atom. The molecule has 0 aromatic heterocycles. The van der Waals surface area contributed by atoms with E-state index in [0.717, 1.165) is 5.56 Å². The number of nitrogens with two attached hydrogens (primary N) is 1. The molecule has 0 aliphatic heterocycles. The number of amides is 1. The summed E-state index contributed by atoms with van der Waals surface area (Å²) in [7, 11) is 0. The van der Waals surface area contributed by atoms with Crippen molar-refractivity contribution in [1.82, 2.24) is 4.90 Å². The molecule has 0 heterocycles. The maximum Gasteiger partial charge on any atom is 0.223 e. The van der Waals surface area contributed by atoms with Gasteiger partial charge in [0.05, 0.1) is 6.04 Å². The maximum atomic E-state index is 12.9. The molecule has 0 radical (unpaired) electrons. The summed E-state index contributed by atoms with van der Waals surface area (Å²) < 4.78 is 12.9. The standard InChI is InChI=1S/C15H23FN2O/c1-4-18(15(19)9-11(2)10-17)12(3)13-5-7-14(16)8-6-13/h5-8,11-12H,4,9-10,17H2,1-3H3. The van der Waals surface area contributed by atoms with Crippen molar-refractivity contribution in [3.05, 3.63) is 35.6 Å². The minimum Gasteiger partial charge on any atom is -0.336 e. The molecule has 0 saturated carbocycles. The fourth-order valence-electron chi connectivity index (χ4n) is 2.09. The highest BCUT2D eigenvalue weighted by Crippen LogP contribution is 2.21. The summed E-state index contributed by atoms with van der Waals surface area (Å²) in [5, 5.41) is 0. The van der Waals surface area contributed by atoms with Gasteiger partial charge >= 0.3 is 0 Å². The zero-order valence-electron chi connectivity index (χ0n) is 11.9. The Hall–Kier alpha value is -1.42. The summed E-state index contributed by atoms with van der Waals surface area (Å²) in [5.74, 6) is 0.0151. The molecular weight excluding hydrogens is 243 g/mol. The molecule has 1 rings (SSSR count). The fourth-order valence-corrected chi connectivity index (χ4v) is 2.09. The van der Waals surface area contributed by atoms with Crippen LogP contribution in [-0.4, -0.2) is 23.9 Å². The van der Waals surface area contributed by atoms with Gasteiger partial charge in [0.15, 0.2) is 0 Å². The second-order valence-electron chi connectivity index (χ2n) is 4.95. The summed E-state index contributed by atoms with van der Waals surface area (Å²) in [6.07, 6.45) is 0.454. The van der Waals surface area contributed by atoms with Crippen LogP contribution in [0.1, 0.15) is 38.8 Å². The smallest absolute Gasteiger partial charge is 0.223 e. The fraction of sp³-hybridized carbons (Fsp3) is 0.533. The topological polar surface area (TPSA) is 46.3 Å². The van der Waals surface area contributed by atoms with Crippen molar-refractivity contribution < 1.29 is 9.18 Å². The zero-order chi connectivity index (χ0) is 14.4. The number of rotatable bonds is 6. The number of halogens is 1. The Kier molecular flexibility index (Phi) is 5.96. The van der Waals surface area contributed by atoms with E-state index in [1.807, 2.05) is 20.8 Å². The van der Waals surface area contributed by atoms with Gasteiger partial charge in [-0.15, -0.1) is 0 Å². The van der Waals surface area contributed by atoms with Crippen molar-refractivity contribution >= 4 is 5.91 Å². The van der Waals surface area contributed by atoms with Gasteiger partial charge in [-0.3, -0.25) is 4.79 Å². The zero-order valence-corrected chi connectivity index (χ0v) is 11.9. The van der Waals surface area contributed by atoms with E-state index in [1.54, 1.807) is 17.0 Å². The molecule has 1 aromatic rings. The molecule has 0 bridgehead atoms. The number of hydrogen-bond donors (Lipinski definition) is 1. The van der Waals surface area contributed by atoms with Crippen LogP contribution in [0, 0.1) is 11.7 Å². The van der Waals surface area contributed by atoms with Crippen molar-refractivity contribution in [3.63, 3.8) is 0 Å². The molecule has 4 heteroatoms. The predicted molar refractivity (Wildman–Crippen MR) is 75.0 cm³/mol. The van der Waals surface area contributed by atoms with E-state index in [2.05, 4.69) is 0 Å². The molecule has 2 unspecified atom stereocenters. The number of carbonyl (C=O) groups is 1. The highest BCUT2D eigenvalue weighted by molar-refractivity contribution is 5.76. The Morgan fingerprint density at radius 3 is 2.37 bits per heavy atom. The number of carbonyl (C=O) groups excluding carboxylic acids is 1. The van der Waals surface area contributed by atoms with E-state index in [4.69, 9.17) is 5.73 Å². The summed E-state index contributed by atoms with van der Waals surface area (Å²) in [6, 6.07) is 6.24. The molecular formula is C15H23FN2O. The lowest BCUT2D eigenvalue weighted by Gasteiger charge is -2.29. The second kappa shape index (κ2) is 7.24. The first-order chi connectivity index (χ1) is 8.99. The maximum absolute atomic E-state index is 12.9. The summed E-state index contributed by atoms with van der Waals surface area (Å²) >= 11 is 0. The van der Waals surface area contributed by atoms with Crippen LogP contribution in [0.3, 0.4) is 0 Å². The van der Waals surface area contributed by atoms with Gasteiger partial charge in [-0.05, 0) is 44.0 Å². The van der Waals surface area contributed by atoms with Crippen molar-refractivity contribution in [2.45, 2.75) is 33.2 Å². The predicted octanol–water partition coefficient (Wildman–Crippen LogP) is 2.72. The Bertz CT molecular complexity index is 405. The average molecular weight is 266 g/mol. The first-order valence-electron chi connectivity index (χ1n) is 6.74. The number of nitrogens with zero attached hydrogens (tertiary/aromatic N) is 1. The van der Waals surface area contributed by atoms with Crippen molar-refractivity contribution in [1.29, 1.82) is 0 Å². The van der Waals surface area contributed by atoms with E-state index >= 15 is 0 Å². The van der Waals surface area contributed by atoms with Crippen LogP contribution in [-0.2, 0) is 4.79 Å². The molecule has 19 heavy (non-hydrogen) atoms. The van der Waals surface area contributed by atoms with Gasteiger partial charge in [-0.1, -0.05) is 19.1 Å². The molecule has 0 spiro atoms. The van der Waals surface area contributed by atoms with Gasteiger partial charge < -0.3 is 10.6 Å². The minimum absolute atomic E-state index is 0.0527. The quantitative estimate of drug-likeness (QED) is 0.860. The Balaban J connectivity index is 2.78. The molecule has 0 aliphatic carbocycles. The van der Waals surface area contributed by atoms with Gasteiger partial charge in [0, 0.05) is 13.0 Å². The Labute approximate surface area is 114 Å². The normalized spacial score (nSPS) is 13.9. The molecule has 2 N–H and O–H groups in total. The third-order valence-corrected chi connectivity index (χ3v) is 3.41. The lowest BCUT2D eigenvalue weighted by Crippen LogP contribution is -2.35. The molecule has 1 amide bonds. The molecule has 1 aromatic carbocycles. The van der Waals surface area contributed by atoms with Crippen LogP contribution in [0.15, 0.2) is 24.3 Å². The van der Waals surface area contributed by atoms with Crippen LogP contribution in [0.4, 0.5) is 4.39 Å². The van der Waals surface area contributed by atoms with Crippen molar-refractivity contribution in [2.24, 2.45) is 11.7 Å². The summed E-state index contributed by atoms with van der Waals surface area (Å²) in [6.45, 7) is 7.02. The third kappa shape index (κ3) is 4.31. The average Bonchev–Trinajstić information content (AvgIpc) is 2.40.